The number of para-hydroxylation sites is 1. The minimum absolute atomic E-state index is 0.0791. The normalized spacial score (nSPS) is 11.4. The molecule has 0 fully saturated rings. The molecule has 0 aliphatic carbocycles. The highest BCUT2D eigenvalue weighted by atomic mass is 35.5. The smallest absolute Gasteiger partial charge is 0.266 e. The van der Waals surface area contributed by atoms with Crippen molar-refractivity contribution in [3.63, 3.8) is 0 Å². The number of rotatable bonds is 3. The number of hydrogen-bond donors (Lipinski definition) is 0. The molecule has 0 amide bonds. The van der Waals surface area contributed by atoms with E-state index in [4.69, 9.17) is 16.6 Å². The molecule has 0 aliphatic heterocycles. The van der Waals surface area contributed by atoms with Crippen LogP contribution in [-0.4, -0.2) is 9.55 Å². The molecule has 4 rings (SSSR count). The van der Waals surface area contributed by atoms with E-state index in [-0.39, 0.29) is 5.56 Å². The summed E-state index contributed by atoms with van der Waals surface area (Å²) in [5.41, 5.74) is 4.71. The van der Waals surface area contributed by atoms with Crippen LogP contribution < -0.4 is 5.56 Å². The van der Waals surface area contributed by atoms with E-state index in [0.29, 0.717) is 21.7 Å². The quantitative estimate of drug-likeness (QED) is 0.444. The third-order valence-corrected chi connectivity index (χ3v) is 5.10. The highest BCUT2D eigenvalue weighted by molar-refractivity contribution is 6.30. The van der Waals surface area contributed by atoms with E-state index in [1.54, 1.807) is 4.57 Å². The molecule has 28 heavy (non-hydrogen) atoms. The fourth-order valence-electron chi connectivity index (χ4n) is 3.12. The predicted molar refractivity (Wildman–Crippen MR) is 117 cm³/mol. The number of fused-ring (bicyclic) bond motifs is 1. The molecule has 0 saturated heterocycles. The second-order valence-electron chi connectivity index (χ2n) is 6.78. The zero-order valence-corrected chi connectivity index (χ0v) is 16.4. The summed E-state index contributed by atoms with van der Waals surface area (Å²) in [6, 6.07) is 21.0. The zero-order chi connectivity index (χ0) is 19.7. The first-order valence-electron chi connectivity index (χ1n) is 9.06. The fraction of sp³-hybridized carbons (Fsp3) is 0.0833. The van der Waals surface area contributed by atoms with Gasteiger partial charge in [-0.2, -0.15) is 0 Å². The zero-order valence-electron chi connectivity index (χ0n) is 15.7. The monoisotopic (exact) mass is 386 g/mol. The number of halogens is 1. The maximum absolute atomic E-state index is 13.3. The average molecular weight is 387 g/mol. The van der Waals surface area contributed by atoms with Gasteiger partial charge in [-0.25, -0.2) is 4.98 Å². The van der Waals surface area contributed by atoms with Gasteiger partial charge in [0.15, 0.2) is 0 Å². The van der Waals surface area contributed by atoms with Gasteiger partial charge in [0.1, 0.15) is 5.82 Å². The van der Waals surface area contributed by atoms with Crippen LogP contribution in [0.3, 0.4) is 0 Å². The Morgan fingerprint density at radius 2 is 1.64 bits per heavy atom. The lowest BCUT2D eigenvalue weighted by molar-refractivity contribution is 0.941. The van der Waals surface area contributed by atoms with Crippen LogP contribution >= 0.6 is 11.6 Å². The van der Waals surface area contributed by atoms with Gasteiger partial charge in [0, 0.05) is 5.02 Å². The Labute approximate surface area is 168 Å². The molecule has 0 bridgehead atoms. The second-order valence-corrected chi connectivity index (χ2v) is 7.22. The first-order chi connectivity index (χ1) is 13.5. The summed E-state index contributed by atoms with van der Waals surface area (Å²) in [5.74, 6) is 0.585. The Bertz CT molecular complexity index is 1250. The van der Waals surface area contributed by atoms with Crippen molar-refractivity contribution in [3.05, 3.63) is 105 Å². The lowest BCUT2D eigenvalue weighted by Crippen LogP contribution is -2.22. The van der Waals surface area contributed by atoms with E-state index >= 15 is 0 Å². The molecular formula is C24H19ClN2O. The Balaban J connectivity index is 1.94. The Morgan fingerprint density at radius 1 is 0.893 bits per heavy atom. The van der Waals surface area contributed by atoms with E-state index in [2.05, 4.69) is 6.92 Å². The molecule has 0 unspecified atom stereocenters. The highest BCUT2D eigenvalue weighted by Gasteiger charge is 2.11. The molecule has 3 aromatic carbocycles. The van der Waals surface area contributed by atoms with Crippen LogP contribution in [0.5, 0.6) is 0 Å². The number of aryl methyl sites for hydroxylation is 2. The Hall–Kier alpha value is -3.17. The van der Waals surface area contributed by atoms with Crippen molar-refractivity contribution < 1.29 is 0 Å². The number of nitrogens with zero attached hydrogens (tertiary/aromatic N) is 2. The van der Waals surface area contributed by atoms with Crippen molar-refractivity contribution >= 4 is 34.7 Å². The summed E-state index contributed by atoms with van der Waals surface area (Å²) in [7, 11) is 0. The molecule has 3 nitrogen and oxygen atoms in total. The third-order valence-electron chi connectivity index (χ3n) is 4.85. The van der Waals surface area contributed by atoms with Crippen LogP contribution in [0.25, 0.3) is 28.7 Å². The van der Waals surface area contributed by atoms with Crippen molar-refractivity contribution in [2.75, 3.05) is 0 Å². The number of benzene rings is 3. The minimum Gasteiger partial charge on any atom is -0.268 e. The third kappa shape index (κ3) is 3.49. The van der Waals surface area contributed by atoms with Gasteiger partial charge in [-0.15, -0.1) is 0 Å². The molecule has 0 spiro atoms. The van der Waals surface area contributed by atoms with Crippen LogP contribution in [0.4, 0.5) is 0 Å². The van der Waals surface area contributed by atoms with Gasteiger partial charge in [0.05, 0.1) is 16.6 Å². The van der Waals surface area contributed by atoms with E-state index in [1.807, 2.05) is 85.8 Å². The average Bonchev–Trinajstić information content (AvgIpc) is 2.70. The first-order valence-corrected chi connectivity index (χ1v) is 9.44. The van der Waals surface area contributed by atoms with E-state index in [1.165, 1.54) is 5.56 Å². The standard InChI is InChI=1S/C24H19ClN2O/c1-16-7-13-20(15-17(16)2)27-23(14-10-18-8-11-19(25)12-9-18)26-22-6-4-3-5-21(22)24(27)28/h3-15H,1-2H3/b14-10+. The largest absolute Gasteiger partial charge is 0.268 e. The van der Waals surface area contributed by atoms with Crippen molar-refractivity contribution in [1.82, 2.24) is 9.55 Å². The minimum atomic E-state index is -0.0791. The summed E-state index contributed by atoms with van der Waals surface area (Å²) in [5, 5.41) is 1.29. The van der Waals surface area contributed by atoms with Gasteiger partial charge in [-0.3, -0.25) is 9.36 Å². The first kappa shape index (κ1) is 18.2. The van der Waals surface area contributed by atoms with Gasteiger partial charge in [0.2, 0.25) is 0 Å². The van der Waals surface area contributed by atoms with Gasteiger partial charge < -0.3 is 0 Å². The molecule has 0 atom stereocenters. The SMILES string of the molecule is Cc1ccc(-n2c(/C=C/c3ccc(Cl)cc3)nc3ccccc3c2=O)cc1C. The second kappa shape index (κ2) is 7.45. The lowest BCUT2D eigenvalue weighted by Gasteiger charge is -2.13. The maximum atomic E-state index is 13.3. The van der Waals surface area contributed by atoms with Crippen LogP contribution in [0.2, 0.25) is 5.02 Å². The number of hydrogen-bond acceptors (Lipinski definition) is 2. The number of aromatic nitrogens is 2. The van der Waals surface area contributed by atoms with Crippen LogP contribution in [0.1, 0.15) is 22.5 Å². The van der Waals surface area contributed by atoms with E-state index in [9.17, 15) is 4.79 Å². The molecule has 4 aromatic rings. The molecule has 0 radical (unpaired) electrons. The molecule has 1 aromatic heterocycles. The van der Waals surface area contributed by atoms with Crippen molar-refractivity contribution in [2.24, 2.45) is 0 Å². The molecule has 0 N–H and O–H groups in total. The molecule has 1 heterocycles. The maximum Gasteiger partial charge on any atom is 0.266 e. The Kier molecular flexibility index (Phi) is 4.84. The van der Waals surface area contributed by atoms with E-state index < -0.39 is 0 Å². The summed E-state index contributed by atoms with van der Waals surface area (Å²) >= 11 is 5.97. The summed E-state index contributed by atoms with van der Waals surface area (Å²) in [6.07, 6.45) is 3.80. The van der Waals surface area contributed by atoms with Gasteiger partial charge in [0.25, 0.3) is 5.56 Å². The molecule has 0 aliphatic rings. The molecule has 4 heteroatoms. The van der Waals surface area contributed by atoms with Gasteiger partial charge >= 0.3 is 0 Å². The Morgan fingerprint density at radius 3 is 2.39 bits per heavy atom. The van der Waals surface area contributed by atoms with Crippen LogP contribution in [0.15, 0.2) is 71.5 Å². The van der Waals surface area contributed by atoms with Crippen molar-refractivity contribution in [1.29, 1.82) is 0 Å². The molecular weight excluding hydrogens is 368 g/mol. The van der Waals surface area contributed by atoms with Crippen LogP contribution in [0, 0.1) is 13.8 Å². The highest BCUT2D eigenvalue weighted by Crippen LogP contribution is 2.18. The van der Waals surface area contributed by atoms with Crippen molar-refractivity contribution in [3.8, 4) is 5.69 Å². The summed E-state index contributed by atoms with van der Waals surface area (Å²) in [4.78, 5) is 18.0. The van der Waals surface area contributed by atoms with E-state index in [0.717, 1.165) is 16.8 Å². The van der Waals surface area contributed by atoms with Gasteiger partial charge in [-0.1, -0.05) is 48.0 Å². The molecule has 0 saturated carbocycles. The summed E-state index contributed by atoms with van der Waals surface area (Å²) < 4.78 is 1.67. The fourth-order valence-corrected chi connectivity index (χ4v) is 3.25. The topological polar surface area (TPSA) is 34.9 Å². The predicted octanol–water partition coefficient (Wildman–Crippen LogP) is 5.83. The summed E-state index contributed by atoms with van der Waals surface area (Å²) in [6.45, 7) is 4.10. The molecule has 138 valence electrons. The lowest BCUT2D eigenvalue weighted by atomic mass is 10.1. The van der Waals surface area contributed by atoms with Crippen LogP contribution in [-0.2, 0) is 0 Å². The van der Waals surface area contributed by atoms with Crippen molar-refractivity contribution in [2.45, 2.75) is 13.8 Å². The van der Waals surface area contributed by atoms with Gasteiger partial charge in [-0.05, 0) is 73.0 Å².